The number of likely N-dealkylation sites (N-methyl/N-ethyl adjacent to an activating group) is 1. The number of nitrogens with one attached hydrogen (secondary N) is 1. The SMILES string of the molecule is CN/C(=N/SCCN)N(C)CC(=O)O. The van der Waals surface area contributed by atoms with Crippen molar-refractivity contribution >= 4 is 23.9 Å². The molecule has 14 heavy (non-hydrogen) atoms. The average Bonchev–Trinajstić information content (AvgIpc) is 2.11. The van der Waals surface area contributed by atoms with Crippen LogP contribution in [-0.2, 0) is 4.79 Å². The lowest BCUT2D eigenvalue weighted by molar-refractivity contribution is -0.137. The van der Waals surface area contributed by atoms with Gasteiger partial charge in [0.05, 0.1) is 0 Å². The van der Waals surface area contributed by atoms with Crippen molar-refractivity contribution in [1.82, 2.24) is 10.2 Å². The summed E-state index contributed by atoms with van der Waals surface area (Å²) in [6.45, 7) is 0.469. The van der Waals surface area contributed by atoms with Gasteiger partial charge in [-0.05, 0) is 11.9 Å². The number of carboxylic acid groups (broad SMARTS) is 1. The van der Waals surface area contributed by atoms with Gasteiger partial charge in [-0.15, -0.1) is 0 Å². The second-order valence-corrected chi connectivity index (χ2v) is 3.39. The fourth-order valence-corrected chi connectivity index (χ4v) is 1.29. The molecule has 0 heterocycles. The largest absolute Gasteiger partial charge is 0.480 e. The van der Waals surface area contributed by atoms with Crippen LogP contribution in [0.25, 0.3) is 0 Å². The Morgan fingerprint density at radius 2 is 2.36 bits per heavy atom. The van der Waals surface area contributed by atoms with E-state index in [-0.39, 0.29) is 6.54 Å². The molecule has 0 fully saturated rings. The summed E-state index contributed by atoms with van der Waals surface area (Å²) in [4.78, 5) is 11.9. The average molecular weight is 220 g/mol. The summed E-state index contributed by atoms with van der Waals surface area (Å²) in [6, 6.07) is 0. The first-order valence-electron chi connectivity index (χ1n) is 4.12. The number of guanidine groups is 1. The van der Waals surface area contributed by atoms with Crippen molar-refractivity contribution in [2.24, 2.45) is 10.1 Å². The Hall–Kier alpha value is -0.950. The second kappa shape index (κ2) is 7.45. The first-order chi connectivity index (χ1) is 6.61. The number of aliphatic carboxylic acids is 1. The molecule has 0 aliphatic rings. The summed E-state index contributed by atoms with van der Waals surface area (Å²) in [5.41, 5.74) is 5.29. The molecule has 0 bridgehead atoms. The summed E-state index contributed by atoms with van der Waals surface area (Å²) in [7, 11) is 3.35. The van der Waals surface area contributed by atoms with Crippen molar-refractivity contribution in [3.63, 3.8) is 0 Å². The molecule has 7 heteroatoms. The standard InChI is InChI=1S/C7H16N4O2S/c1-9-7(10-14-4-3-8)11(2)5-6(12)13/h3-5,8H2,1-2H3,(H,9,10)(H,12,13). The van der Waals surface area contributed by atoms with Crippen LogP contribution in [0.15, 0.2) is 4.40 Å². The molecular weight excluding hydrogens is 204 g/mol. The summed E-state index contributed by atoms with van der Waals surface area (Å²) < 4.78 is 4.09. The molecule has 0 saturated heterocycles. The topological polar surface area (TPSA) is 91.0 Å². The lowest BCUT2D eigenvalue weighted by Gasteiger charge is -2.17. The van der Waals surface area contributed by atoms with Gasteiger partial charge in [-0.1, -0.05) is 0 Å². The summed E-state index contributed by atoms with van der Waals surface area (Å²) in [5.74, 6) is 0.358. The van der Waals surface area contributed by atoms with Crippen LogP contribution in [0.2, 0.25) is 0 Å². The van der Waals surface area contributed by atoms with E-state index in [1.165, 1.54) is 16.8 Å². The fraction of sp³-hybridized carbons (Fsp3) is 0.714. The molecule has 0 radical (unpaired) electrons. The number of carboxylic acids is 1. The van der Waals surface area contributed by atoms with Crippen molar-refractivity contribution in [2.45, 2.75) is 0 Å². The van der Waals surface area contributed by atoms with Gasteiger partial charge in [-0.2, -0.15) is 4.40 Å². The molecule has 4 N–H and O–H groups in total. The first-order valence-corrected chi connectivity index (χ1v) is 5.06. The van der Waals surface area contributed by atoms with Crippen LogP contribution in [0.1, 0.15) is 0 Å². The molecule has 82 valence electrons. The van der Waals surface area contributed by atoms with Gasteiger partial charge in [0.2, 0.25) is 5.96 Å². The Bertz CT molecular complexity index is 210. The molecule has 0 spiro atoms. The third kappa shape index (κ3) is 5.65. The zero-order valence-electron chi connectivity index (χ0n) is 8.36. The van der Waals surface area contributed by atoms with Gasteiger partial charge in [-0.25, -0.2) is 0 Å². The van der Waals surface area contributed by atoms with Crippen LogP contribution in [-0.4, -0.2) is 54.9 Å². The molecule has 0 aliphatic carbocycles. The third-order valence-corrected chi connectivity index (χ3v) is 2.04. The van der Waals surface area contributed by atoms with Crippen LogP contribution < -0.4 is 11.1 Å². The molecule has 0 atom stereocenters. The number of rotatable bonds is 5. The summed E-state index contributed by atoms with van der Waals surface area (Å²) >= 11 is 1.31. The maximum atomic E-state index is 10.4. The van der Waals surface area contributed by atoms with Crippen molar-refractivity contribution in [2.75, 3.05) is 32.9 Å². The molecule has 0 rings (SSSR count). The quantitative estimate of drug-likeness (QED) is 0.243. The Kier molecular flexibility index (Phi) is 6.95. The van der Waals surface area contributed by atoms with Gasteiger partial charge < -0.3 is 21.1 Å². The lowest BCUT2D eigenvalue weighted by Crippen LogP contribution is -2.39. The molecule has 0 aromatic rings. The highest BCUT2D eigenvalue weighted by atomic mass is 32.2. The smallest absolute Gasteiger partial charge is 0.323 e. The highest BCUT2D eigenvalue weighted by Crippen LogP contribution is 2.01. The molecule has 6 nitrogen and oxygen atoms in total. The lowest BCUT2D eigenvalue weighted by atomic mass is 10.6. The molecule has 0 amide bonds. The monoisotopic (exact) mass is 220 g/mol. The van der Waals surface area contributed by atoms with E-state index >= 15 is 0 Å². The Morgan fingerprint density at radius 3 is 2.79 bits per heavy atom. The van der Waals surface area contributed by atoms with Crippen molar-refractivity contribution in [3.05, 3.63) is 0 Å². The molecule has 0 unspecified atom stereocenters. The second-order valence-electron chi connectivity index (χ2n) is 2.54. The minimum absolute atomic E-state index is 0.0805. The van der Waals surface area contributed by atoms with Crippen molar-refractivity contribution < 1.29 is 9.90 Å². The first kappa shape index (κ1) is 13.1. The Morgan fingerprint density at radius 1 is 1.71 bits per heavy atom. The predicted molar refractivity (Wildman–Crippen MR) is 58.3 cm³/mol. The summed E-state index contributed by atoms with van der Waals surface area (Å²) in [6.07, 6.45) is 0. The van der Waals surface area contributed by atoms with E-state index in [1.54, 1.807) is 14.1 Å². The van der Waals surface area contributed by atoms with Crippen LogP contribution in [0.4, 0.5) is 0 Å². The predicted octanol–water partition coefficient (Wildman–Crippen LogP) is -0.815. The van der Waals surface area contributed by atoms with E-state index in [1.807, 2.05) is 0 Å². The van der Waals surface area contributed by atoms with E-state index in [0.29, 0.717) is 18.3 Å². The van der Waals surface area contributed by atoms with Gasteiger partial charge in [-0.3, -0.25) is 4.79 Å². The normalized spacial score (nSPS) is 11.2. The zero-order valence-corrected chi connectivity index (χ0v) is 9.17. The van der Waals surface area contributed by atoms with Crippen molar-refractivity contribution in [3.8, 4) is 0 Å². The highest BCUT2D eigenvalue weighted by Gasteiger charge is 2.07. The number of hydrogen-bond donors (Lipinski definition) is 3. The van der Waals surface area contributed by atoms with Crippen LogP contribution in [0, 0.1) is 0 Å². The fourth-order valence-electron chi connectivity index (χ4n) is 0.743. The van der Waals surface area contributed by atoms with Gasteiger partial charge in [0, 0.05) is 26.4 Å². The number of hydrogen-bond acceptors (Lipinski definition) is 4. The number of nitrogens with two attached hydrogens (primary N) is 1. The zero-order chi connectivity index (χ0) is 11.0. The summed E-state index contributed by atoms with van der Waals surface area (Å²) in [5, 5.41) is 11.4. The number of nitrogens with zero attached hydrogens (tertiary/aromatic N) is 2. The van der Waals surface area contributed by atoms with Crippen LogP contribution in [0.3, 0.4) is 0 Å². The van der Waals surface area contributed by atoms with E-state index < -0.39 is 5.97 Å². The maximum absolute atomic E-state index is 10.4. The van der Waals surface area contributed by atoms with Gasteiger partial charge in [0.25, 0.3) is 0 Å². The van der Waals surface area contributed by atoms with Gasteiger partial charge in [0.1, 0.15) is 6.54 Å². The van der Waals surface area contributed by atoms with E-state index in [4.69, 9.17) is 10.8 Å². The highest BCUT2D eigenvalue weighted by molar-refractivity contribution is 7.98. The number of carbonyl (C=O) groups is 1. The Labute approximate surface area is 87.7 Å². The molecule has 0 aliphatic heterocycles. The molecule has 0 aromatic carbocycles. The van der Waals surface area contributed by atoms with Gasteiger partial charge >= 0.3 is 5.97 Å². The van der Waals surface area contributed by atoms with Crippen molar-refractivity contribution in [1.29, 1.82) is 0 Å². The third-order valence-electron chi connectivity index (χ3n) is 1.32. The molecular formula is C7H16N4O2S. The Balaban J connectivity index is 4.09. The molecule has 0 aromatic heterocycles. The van der Waals surface area contributed by atoms with E-state index in [2.05, 4.69) is 9.71 Å². The molecule has 0 saturated carbocycles. The minimum atomic E-state index is -0.890. The maximum Gasteiger partial charge on any atom is 0.323 e. The van der Waals surface area contributed by atoms with Gasteiger partial charge in [0.15, 0.2) is 0 Å². The van der Waals surface area contributed by atoms with E-state index in [9.17, 15) is 4.79 Å². The minimum Gasteiger partial charge on any atom is -0.480 e. The van der Waals surface area contributed by atoms with Crippen LogP contribution in [0.5, 0.6) is 0 Å². The van der Waals surface area contributed by atoms with Crippen LogP contribution >= 0.6 is 11.9 Å². The van der Waals surface area contributed by atoms with E-state index in [0.717, 1.165) is 0 Å².